The number of benzene rings is 1. The molecular weight excluding hydrogens is 229 g/mol. The quantitative estimate of drug-likeness (QED) is 0.452. The van der Waals surface area contributed by atoms with Crippen LogP contribution < -0.4 is 0 Å². The number of oxime groups is 1. The van der Waals surface area contributed by atoms with E-state index in [1.807, 2.05) is 12.1 Å². The summed E-state index contributed by atoms with van der Waals surface area (Å²) in [5.41, 5.74) is 0.692. The maximum absolute atomic E-state index is 8.30. The number of halogens is 2. The molecule has 1 aromatic rings. The number of rotatable bonds is 1. The summed E-state index contributed by atoms with van der Waals surface area (Å²) in [6.07, 6.45) is 0. The minimum absolute atomic E-state index is 0.0949. The van der Waals surface area contributed by atoms with Gasteiger partial charge in [-0.3, -0.25) is 0 Å². The van der Waals surface area contributed by atoms with Crippen LogP contribution in [0.2, 0.25) is 0 Å². The van der Waals surface area contributed by atoms with Crippen LogP contribution in [0.1, 0.15) is 5.56 Å². The van der Waals surface area contributed by atoms with Crippen molar-refractivity contribution in [3.05, 3.63) is 34.3 Å². The van der Waals surface area contributed by atoms with E-state index >= 15 is 0 Å². The lowest BCUT2D eigenvalue weighted by Gasteiger charge is -1.94. The van der Waals surface area contributed by atoms with Crippen LogP contribution in [-0.4, -0.2) is 10.4 Å². The van der Waals surface area contributed by atoms with Crippen LogP contribution in [0.25, 0.3) is 0 Å². The molecule has 0 bridgehead atoms. The Bertz CT molecular complexity index is 270. The second-order valence-electron chi connectivity index (χ2n) is 1.90. The van der Waals surface area contributed by atoms with E-state index in [0.717, 1.165) is 4.47 Å². The van der Waals surface area contributed by atoms with Gasteiger partial charge in [0.15, 0.2) is 5.17 Å². The van der Waals surface area contributed by atoms with Crippen LogP contribution in [0, 0.1) is 0 Å². The standard InChI is InChI=1S/C7H5BrClNO/c8-6-3-1-5(2-4-6)7(9)10-11/h1-4,11H/b10-7+. The van der Waals surface area contributed by atoms with E-state index < -0.39 is 0 Å². The predicted octanol–water partition coefficient (Wildman–Crippen LogP) is 2.82. The van der Waals surface area contributed by atoms with Gasteiger partial charge in [-0.2, -0.15) is 0 Å². The lowest BCUT2D eigenvalue weighted by molar-refractivity contribution is 0.321. The fourth-order valence-electron chi connectivity index (χ4n) is 0.645. The largest absolute Gasteiger partial charge is 0.410 e. The summed E-state index contributed by atoms with van der Waals surface area (Å²) >= 11 is 8.80. The molecule has 0 amide bonds. The summed E-state index contributed by atoms with van der Waals surface area (Å²) in [6, 6.07) is 7.16. The third kappa shape index (κ3) is 2.20. The molecule has 58 valence electrons. The van der Waals surface area contributed by atoms with Gasteiger partial charge in [0.05, 0.1) is 0 Å². The van der Waals surface area contributed by atoms with Gasteiger partial charge in [0, 0.05) is 10.0 Å². The molecule has 0 aliphatic heterocycles. The Kier molecular flexibility index (Phi) is 2.91. The van der Waals surface area contributed by atoms with E-state index in [-0.39, 0.29) is 5.17 Å². The summed E-state index contributed by atoms with van der Waals surface area (Å²) in [7, 11) is 0. The highest BCUT2D eigenvalue weighted by molar-refractivity contribution is 9.10. The average molecular weight is 234 g/mol. The Hall–Kier alpha value is -0.540. The van der Waals surface area contributed by atoms with Gasteiger partial charge in [0.2, 0.25) is 0 Å². The van der Waals surface area contributed by atoms with Crippen molar-refractivity contribution in [1.82, 2.24) is 0 Å². The highest BCUT2D eigenvalue weighted by Crippen LogP contribution is 2.12. The Balaban J connectivity index is 2.99. The molecule has 0 spiro atoms. The number of hydrogen-bond donors (Lipinski definition) is 1. The van der Waals surface area contributed by atoms with Gasteiger partial charge in [-0.25, -0.2) is 0 Å². The zero-order valence-electron chi connectivity index (χ0n) is 5.46. The molecule has 2 nitrogen and oxygen atoms in total. The van der Waals surface area contributed by atoms with Gasteiger partial charge >= 0.3 is 0 Å². The summed E-state index contributed by atoms with van der Waals surface area (Å²) in [4.78, 5) is 0. The summed E-state index contributed by atoms with van der Waals surface area (Å²) in [5, 5.41) is 11.3. The first-order valence-corrected chi connectivity index (χ1v) is 4.04. The lowest BCUT2D eigenvalue weighted by Crippen LogP contribution is -1.89. The van der Waals surface area contributed by atoms with E-state index in [2.05, 4.69) is 21.1 Å². The first-order chi connectivity index (χ1) is 5.24. The van der Waals surface area contributed by atoms with Crippen molar-refractivity contribution >= 4 is 32.7 Å². The summed E-state index contributed by atoms with van der Waals surface area (Å²) < 4.78 is 0.962. The smallest absolute Gasteiger partial charge is 0.175 e. The van der Waals surface area contributed by atoms with Gasteiger partial charge in [-0.15, -0.1) is 0 Å². The maximum atomic E-state index is 8.30. The van der Waals surface area contributed by atoms with Crippen molar-refractivity contribution in [3.8, 4) is 0 Å². The van der Waals surface area contributed by atoms with Gasteiger partial charge in [-0.05, 0) is 12.1 Å². The van der Waals surface area contributed by atoms with E-state index in [1.54, 1.807) is 12.1 Å². The van der Waals surface area contributed by atoms with Crippen LogP contribution in [-0.2, 0) is 0 Å². The molecule has 0 saturated carbocycles. The van der Waals surface area contributed by atoms with Crippen molar-refractivity contribution in [1.29, 1.82) is 0 Å². The highest BCUT2D eigenvalue weighted by Gasteiger charge is 1.97. The molecule has 0 atom stereocenters. The van der Waals surface area contributed by atoms with E-state index in [1.165, 1.54) is 0 Å². The Labute approximate surface area is 77.6 Å². The zero-order chi connectivity index (χ0) is 8.27. The van der Waals surface area contributed by atoms with Crippen molar-refractivity contribution in [3.63, 3.8) is 0 Å². The SMILES string of the molecule is O/N=C(/Cl)c1ccc(Br)cc1. The van der Waals surface area contributed by atoms with Crippen LogP contribution in [0.15, 0.2) is 33.9 Å². The van der Waals surface area contributed by atoms with Gasteiger partial charge in [-0.1, -0.05) is 44.8 Å². The minimum Gasteiger partial charge on any atom is -0.410 e. The third-order valence-corrected chi connectivity index (χ3v) is 1.99. The molecule has 1 aromatic carbocycles. The van der Waals surface area contributed by atoms with Gasteiger partial charge in [0.25, 0.3) is 0 Å². The van der Waals surface area contributed by atoms with Crippen LogP contribution >= 0.6 is 27.5 Å². The average Bonchev–Trinajstić information content (AvgIpc) is 2.05. The molecule has 0 fully saturated rings. The maximum Gasteiger partial charge on any atom is 0.175 e. The Morgan fingerprint density at radius 3 is 2.36 bits per heavy atom. The normalized spacial score (nSPS) is 11.6. The molecule has 11 heavy (non-hydrogen) atoms. The molecule has 4 heteroatoms. The Morgan fingerprint density at radius 2 is 1.91 bits per heavy atom. The molecule has 0 saturated heterocycles. The molecule has 1 N–H and O–H groups in total. The molecule has 1 rings (SSSR count). The third-order valence-electron chi connectivity index (χ3n) is 1.17. The molecule has 0 aliphatic rings. The molecule has 0 aromatic heterocycles. The van der Waals surface area contributed by atoms with Crippen molar-refractivity contribution in [2.75, 3.05) is 0 Å². The van der Waals surface area contributed by atoms with Crippen LogP contribution in [0.4, 0.5) is 0 Å². The van der Waals surface area contributed by atoms with Gasteiger partial charge in [0.1, 0.15) is 0 Å². The molecule has 0 heterocycles. The van der Waals surface area contributed by atoms with Crippen molar-refractivity contribution < 1.29 is 5.21 Å². The fourth-order valence-corrected chi connectivity index (χ4v) is 1.04. The van der Waals surface area contributed by atoms with E-state index in [0.29, 0.717) is 5.56 Å². The number of nitrogens with zero attached hydrogens (tertiary/aromatic N) is 1. The fraction of sp³-hybridized carbons (Fsp3) is 0. The Morgan fingerprint density at radius 1 is 1.36 bits per heavy atom. The first-order valence-electron chi connectivity index (χ1n) is 2.87. The zero-order valence-corrected chi connectivity index (χ0v) is 7.80. The summed E-state index contributed by atoms with van der Waals surface area (Å²) in [5.74, 6) is 0. The molecule has 0 radical (unpaired) electrons. The van der Waals surface area contributed by atoms with Crippen LogP contribution in [0.3, 0.4) is 0 Å². The van der Waals surface area contributed by atoms with Crippen LogP contribution in [0.5, 0.6) is 0 Å². The van der Waals surface area contributed by atoms with E-state index in [4.69, 9.17) is 16.8 Å². The topological polar surface area (TPSA) is 32.6 Å². The first kappa shape index (κ1) is 8.56. The number of hydrogen-bond acceptors (Lipinski definition) is 2. The van der Waals surface area contributed by atoms with Crippen molar-refractivity contribution in [2.45, 2.75) is 0 Å². The second-order valence-corrected chi connectivity index (χ2v) is 3.17. The highest BCUT2D eigenvalue weighted by atomic mass is 79.9. The lowest BCUT2D eigenvalue weighted by atomic mass is 10.2. The second kappa shape index (κ2) is 3.74. The van der Waals surface area contributed by atoms with Gasteiger partial charge < -0.3 is 5.21 Å². The van der Waals surface area contributed by atoms with E-state index in [9.17, 15) is 0 Å². The molecule has 0 unspecified atom stereocenters. The monoisotopic (exact) mass is 233 g/mol. The molecule has 0 aliphatic carbocycles. The van der Waals surface area contributed by atoms with Crippen molar-refractivity contribution in [2.24, 2.45) is 5.16 Å². The predicted molar refractivity (Wildman–Crippen MR) is 48.3 cm³/mol. The summed E-state index contributed by atoms with van der Waals surface area (Å²) in [6.45, 7) is 0. The molecular formula is C7H5BrClNO. The minimum atomic E-state index is 0.0949.